The second kappa shape index (κ2) is 4.60. The first kappa shape index (κ1) is 14.3. The zero-order valence-electron chi connectivity index (χ0n) is 14.1. The van der Waals surface area contributed by atoms with Crippen molar-refractivity contribution in [2.45, 2.75) is 78.2 Å². The Morgan fingerprint density at radius 3 is 2.71 bits per heavy atom. The van der Waals surface area contributed by atoms with Gasteiger partial charge in [-0.15, -0.1) is 0 Å². The van der Waals surface area contributed by atoms with Gasteiger partial charge in [-0.3, -0.25) is 0 Å². The average molecular weight is 288 g/mol. The van der Waals surface area contributed by atoms with E-state index in [2.05, 4.69) is 26.8 Å². The lowest BCUT2D eigenvalue weighted by atomic mass is 9.46. The van der Waals surface area contributed by atoms with Crippen LogP contribution in [0.5, 0.6) is 0 Å². The molecule has 3 saturated carbocycles. The molecule has 0 saturated heterocycles. The first-order valence-electron chi connectivity index (χ1n) is 9.35. The fourth-order valence-corrected chi connectivity index (χ4v) is 7.01. The van der Waals surface area contributed by atoms with E-state index in [1.165, 1.54) is 44.9 Å². The lowest BCUT2D eigenvalue weighted by Gasteiger charge is -2.59. The highest BCUT2D eigenvalue weighted by Crippen LogP contribution is 2.65. The number of fused-ring (bicyclic) bond motifs is 5. The number of allylic oxidation sites excluding steroid dienone is 2. The quantitative estimate of drug-likeness (QED) is 0.626. The zero-order chi connectivity index (χ0) is 14.8. The van der Waals surface area contributed by atoms with Gasteiger partial charge in [0, 0.05) is 0 Å². The number of rotatable bonds is 0. The molecule has 4 aliphatic rings. The molecule has 0 aromatic rings. The summed E-state index contributed by atoms with van der Waals surface area (Å²) in [7, 11) is 0. The van der Waals surface area contributed by atoms with Gasteiger partial charge in [-0.05, 0) is 79.4 Å². The van der Waals surface area contributed by atoms with Crippen LogP contribution in [0.25, 0.3) is 0 Å². The van der Waals surface area contributed by atoms with Gasteiger partial charge < -0.3 is 5.11 Å². The first-order valence-corrected chi connectivity index (χ1v) is 9.35. The molecule has 0 spiro atoms. The van der Waals surface area contributed by atoms with Crippen LogP contribution < -0.4 is 0 Å². The summed E-state index contributed by atoms with van der Waals surface area (Å²) in [5, 5.41) is 10.3. The highest BCUT2D eigenvalue weighted by Gasteiger charge is 2.57. The van der Waals surface area contributed by atoms with Crippen LogP contribution in [0, 0.1) is 34.5 Å². The summed E-state index contributed by atoms with van der Waals surface area (Å²) in [6.07, 6.45) is 13.3. The fourth-order valence-electron chi connectivity index (χ4n) is 7.01. The summed E-state index contributed by atoms with van der Waals surface area (Å²) in [4.78, 5) is 0. The Balaban J connectivity index is 1.73. The van der Waals surface area contributed by atoms with E-state index in [-0.39, 0.29) is 6.10 Å². The van der Waals surface area contributed by atoms with Crippen LogP contribution in [0.2, 0.25) is 0 Å². The molecule has 0 radical (unpaired) electrons. The summed E-state index contributed by atoms with van der Waals surface area (Å²) >= 11 is 0. The molecule has 0 bridgehead atoms. The third-order valence-corrected chi connectivity index (χ3v) is 8.44. The second-order valence-corrected chi connectivity index (χ2v) is 9.11. The van der Waals surface area contributed by atoms with Gasteiger partial charge >= 0.3 is 0 Å². The molecule has 0 heterocycles. The smallest absolute Gasteiger partial charge is 0.0568 e. The van der Waals surface area contributed by atoms with Crippen LogP contribution in [0.3, 0.4) is 0 Å². The minimum Gasteiger partial charge on any atom is -0.393 e. The molecular weight excluding hydrogens is 256 g/mol. The SMILES string of the molecule is CC1C(O)CCC2(C)C3CCC4CCCC4(C)C3=CCC12. The molecule has 0 aromatic carbocycles. The average Bonchev–Trinajstić information content (AvgIpc) is 2.85. The number of aliphatic hydroxyl groups is 1. The molecule has 21 heavy (non-hydrogen) atoms. The van der Waals surface area contributed by atoms with Crippen molar-refractivity contribution in [3.8, 4) is 0 Å². The molecule has 0 aliphatic heterocycles. The minimum atomic E-state index is -0.0589. The number of hydrogen-bond acceptors (Lipinski definition) is 1. The molecule has 1 nitrogen and oxygen atoms in total. The molecule has 4 rings (SSSR count). The van der Waals surface area contributed by atoms with E-state index in [9.17, 15) is 5.11 Å². The van der Waals surface area contributed by atoms with Crippen molar-refractivity contribution >= 4 is 0 Å². The van der Waals surface area contributed by atoms with Crippen LogP contribution in [0.1, 0.15) is 72.1 Å². The lowest BCUT2D eigenvalue weighted by molar-refractivity contribution is -0.0743. The third-order valence-electron chi connectivity index (χ3n) is 8.44. The normalized spacial score (nSPS) is 56.2. The van der Waals surface area contributed by atoms with Crippen molar-refractivity contribution in [3.63, 3.8) is 0 Å². The van der Waals surface area contributed by atoms with E-state index >= 15 is 0 Å². The summed E-state index contributed by atoms with van der Waals surface area (Å²) in [5.41, 5.74) is 2.83. The Morgan fingerprint density at radius 2 is 1.90 bits per heavy atom. The standard InChI is InChI=1S/C20H32O/c1-13-15-8-9-16-17(20(15,3)12-10-18(13)21)7-6-14-5-4-11-19(14,16)2/h9,13-15,17-18,21H,4-8,10-12H2,1-3H3. The molecule has 0 aromatic heterocycles. The van der Waals surface area contributed by atoms with Gasteiger partial charge in [-0.2, -0.15) is 0 Å². The maximum Gasteiger partial charge on any atom is 0.0568 e. The zero-order valence-corrected chi connectivity index (χ0v) is 14.1. The predicted molar refractivity (Wildman–Crippen MR) is 86.9 cm³/mol. The van der Waals surface area contributed by atoms with E-state index in [1.807, 2.05) is 5.57 Å². The van der Waals surface area contributed by atoms with Crippen molar-refractivity contribution in [2.75, 3.05) is 0 Å². The maximum atomic E-state index is 10.3. The Hall–Kier alpha value is -0.300. The molecule has 1 N–H and O–H groups in total. The molecule has 0 amide bonds. The molecular formula is C20H32O. The van der Waals surface area contributed by atoms with Crippen LogP contribution in [-0.4, -0.2) is 11.2 Å². The minimum absolute atomic E-state index is 0.0589. The van der Waals surface area contributed by atoms with E-state index in [0.29, 0.717) is 22.7 Å². The fraction of sp³-hybridized carbons (Fsp3) is 0.900. The topological polar surface area (TPSA) is 20.2 Å². The van der Waals surface area contributed by atoms with Crippen molar-refractivity contribution in [1.29, 1.82) is 0 Å². The molecule has 118 valence electrons. The first-order chi connectivity index (χ1) is 9.97. The van der Waals surface area contributed by atoms with Gasteiger partial charge in [-0.25, -0.2) is 0 Å². The highest BCUT2D eigenvalue weighted by atomic mass is 16.3. The number of hydrogen-bond donors (Lipinski definition) is 1. The Morgan fingerprint density at radius 1 is 1.10 bits per heavy atom. The van der Waals surface area contributed by atoms with Crippen molar-refractivity contribution in [2.24, 2.45) is 34.5 Å². The molecule has 4 aliphatic carbocycles. The summed E-state index contributed by atoms with van der Waals surface area (Å²) < 4.78 is 0. The Kier molecular flexibility index (Phi) is 3.13. The van der Waals surface area contributed by atoms with Gasteiger partial charge in [-0.1, -0.05) is 38.8 Å². The predicted octanol–water partition coefficient (Wildman–Crippen LogP) is 4.95. The lowest BCUT2D eigenvalue weighted by Crippen LogP contribution is -2.52. The van der Waals surface area contributed by atoms with Gasteiger partial charge in [0.15, 0.2) is 0 Å². The van der Waals surface area contributed by atoms with Crippen molar-refractivity contribution in [1.82, 2.24) is 0 Å². The van der Waals surface area contributed by atoms with Gasteiger partial charge in [0.25, 0.3) is 0 Å². The van der Waals surface area contributed by atoms with Crippen LogP contribution in [0.15, 0.2) is 11.6 Å². The largest absolute Gasteiger partial charge is 0.393 e. The maximum absolute atomic E-state index is 10.3. The summed E-state index contributed by atoms with van der Waals surface area (Å²) in [6.45, 7) is 7.44. The van der Waals surface area contributed by atoms with Gasteiger partial charge in [0.2, 0.25) is 0 Å². The highest BCUT2D eigenvalue weighted by molar-refractivity contribution is 5.29. The third kappa shape index (κ3) is 1.79. The van der Waals surface area contributed by atoms with Crippen molar-refractivity contribution < 1.29 is 5.11 Å². The van der Waals surface area contributed by atoms with E-state index in [0.717, 1.165) is 18.3 Å². The van der Waals surface area contributed by atoms with Gasteiger partial charge in [0.1, 0.15) is 0 Å². The van der Waals surface area contributed by atoms with Gasteiger partial charge in [0.05, 0.1) is 6.10 Å². The molecule has 1 heteroatoms. The van der Waals surface area contributed by atoms with Crippen LogP contribution in [-0.2, 0) is 0 Å². The number of aliphatic hydroxyl groups excluding tert-OH is 1. The monoisotopic (exact) mass is 288 g/mol. The van der Waals surface area contributed by atoms with E-state index < -0.39 is 0 Å². The summed E-state index contributed by atoms with van der Waals surface area (Å²) in [5.74, 6) is 2.96. The molecule has 7 atom stereocenters. The molecule has 3 fully saturated rings. The Bertz CT molecular complexity index is 466. The summed E-state index contributed by atoms with van der Waals surface area (Å²) in [6, 6.07) is 0. The van der Waals surface area contributed by atoms with Crippen LogP contribution >= 0.6 is 0 Å². The Labute approximate surface area is 130 Å². The molecule has 7 unspecified atom stereocenters. The van der Waals surface area contributed by atoms with Crippen LogP contribution in [0.4, 0.5) is 0 Å². The van der Waals surface area contributed by atoms with Crippen molar-refractivity contribution in [3.05, 3.63) is 11.6 Å². The second-order valence-electron chi connectivity index (χ2n) is 9.11. The van der Waals surface area contributed by atoms with E-state index in [1.54, 1.807) is 0 Å². The van der Waals surface area contributed by atoms with E-state index in [4.69, 9.17) is 0 Å².